The van der Waals surface area contributed by atoms with Gasteiger partial charge in [0.2, 0.25) is 5.78 Å². The number of hydrogen-bond donors (Lipinski definition) is 0. The smallest absolute Gasteiger partial charge is 0.206 e. The van der Waals surface area contributed by atoms with E-state index in [0.717, 1.165) is 16.8 Å². The second kappa shape index (κ2) is 7.98. The third kappa shape index (κ3) is 4.70. The lowest BCUT2D eigenvalue weighted by molar-refractivity contribution is 0.104. The van der Waals surface area contributed by atoms with Gasteiger partial charge < -0.3 is 9.15 Å². The van der Waals surface area contributed by atoms with Gasteiger partial charge in [0.15, 0.2) is 0 Å². The third-order valence-electron chi connectivity index (χ3n) is 3.48. The van der Waals surface area contributed by atoms with Gasteiger partial charge in [-0.05, 0) is 55.5 Å². The average molecular weight is 401 g/mol. The summed E-state index contributed by atoms with van der Waals surface area (Å²) in [4.78, 5) is 12.1. The lowest BCUT2D eigenvalue weighted by atomic mass is 10.2. The van der Waals surface area contributed by atoms with Gasteiger partial charge in [-0.25, -0.2) is 0 Å². The van der Waals surface area contributed by atoms with Crippen molar-refractivity contribution in [3.05, 3.63) is 76.4 Å². The predicted octanol–water partition coefficient (Wildman–Crippen LogP) is 4.73. The highest BCUT2D eigenvalue weighted by atomic mass is 79.9. The molecule has 2 aromatic heterocycles. The van der Waals surface area contributed by atoms with Gasteiger partial charge in [0.05, 0.1) is 0 Å². The number of nitrogens with zero attached hydrogens (tertiary/aromatic N) is 2. The molecule has 1 aromatic carbocycles. The predicted molar refractivity (Wildman–Crippen MR) is 98.4 cm³/mol. The number of carbonyl (C=O) groups excluding carboxylic acids is 1. The summed E-state index contributed by atoms with van der Waals surface area (Å²) in [6.45, 7) is 3.02. The van der Waals surface area contributed by atoms with Gasteiger partial charge >= 0.3 is 0 Å². The molecule has 0 N–H and O–H groups in total. The number of ketones is 1. The molecule has 0 amide bonds. The number of benzene rings is 1. The molecule has 0 spiro atoms. The van der Waals surface area contributed by atoms with E-state index < -0.39 is 0 Å². The number of aromatic nitrogens is 2. The minimum absolute atomic E-state index is 0.157. The number of furan rings is 1. The van der Waals surface area contributed by atoms with Gasteiger partial charge in [0, 0.05) is 17.2 Å². The molecule has 0 aliphatic rings. The Balaban J connectivity index is 1.58. The summed E-state index contributed by atoms with van der Waals surface area (Å²) >= 11 is 3.40. The average Bonchev–Trinajstić information content (AvgIpc) is 3.27. The molecule has 25 heavy (non-hydrogen) atoms. The van der Waals surface area contributed by atoms with Crippen molar-refractivity contribution in [2.24, 2.45) is 0 Å². The Bertz CT molecular complexity index is 895. The van der Waals surface area contributed by atoms with Crippen molar-refractivity contribution in [2.45, 2.75) is 20.1 Å². The van der Waals surface area contributed by atoms with Crippen LogP contribution in [0.1, 0.15) is 28.9 Å². The molecule has 0 aliphatic heterocycles. The monoisotopic (exact) mass is 400 g/mol. The maximum Gasteiger partial charge on any atom is 0.206 e. The standard InChI is InChI=1S/C19H17BrN2O3/c1-2-22-11-10-18(21-22)19(23)9-8-15-6-7-17(25-15)13-24-16-5-3-4-14(20)12-16/h3-12H,2,13H2,1H3/b9-8+. The van der Waals surface area contributed by atoms with Crippen LogP contribution in [0.25, 0.3) is 6.08 Å². The van der Waals surface area contributed by atoms with E-state index in [1.807, 2.05) is 37.3 Å². The molecule has 0 saturated heterocycles. The van der Waals surface area contributed by atoms with E-state index in [0.29, 0.717) is 23.8 Å². The molecule has 0 fully saturated rings. The highest BCUT2D eigenvalue weighted by molar-refractivity contribution is 9.10. The maximum absolute atomic E-state index is 12.1. The summed E-state index contributed by atoms with van der Waals surface area (Å²) < 4.78 is 14.0. The molecular weight excluding hydrogens is 384 g/mol. The van der Waals surface area contributed by atoms with Crippen molar-refractivity contribution in [1.29, 1.82) is 0 Å². The Morgan fingerprint density at radius 3 is 2.96 bits per heavy atom. The molecule has 3 aromatic rings. The Morgan fingerprint density at radius 2 is 2.20 bits per heavy atom. The molecule has 0 aliphatic carbocycles. The Hall–Kier alpha value is -2.60. The van der Waals surface area contributed by atoms with E-state index in [1.165, 1.54) is 6.08 Å². The zero-order chi connectivity index (χ0) is 17.6. The SMILES string of the molecule is CCn1ccc(C(=O)/C=C/c2ccc(COc3cccc(Br)c3)o2)n1. The van der Waals surface area contributed by atoms with Crippen molar-refractivity contribution < 1.29 is 13.9 Å². The number of hydrogen-bond acceptors (Lipinski definition) is 4. The van der Waals surface area contributed by atoms with Gasteiger partial charge in [-0.3, -0.25) is 9.48 Å². The van der Waals surface area contributed by atoms with E-state index in [2.05, 4.69) is 21.0 Å². The van der Waals surface area contributed by atoms with Gasteiger partial charge in [-0.2, -0.15) is 5.10 Å². The number of allylic oxidation sites excluding steroid dienone is 1. The highest BCUT2D eigenvalue weighted by Crippen LogP contribution is 2.19. The maximum atomic E-state index is 12.1. The molecule has 0 unspecified atom stereocenters. The van der Waals surface area contributed by atoms with Crippen LogP contribution in [0.3, 0.4) is 0 Å². The zero-order valence-corrected chi connectivity index (χ0v) is 15.3. The number of rotatable bonds is 7. The van der Waals surface area contributed by atoms with E-state index in [1.54, 1.807) is 29.1 Å². The number of halogens is 1. The van der Waals surface area contributed by atoms with Crippen molar-refractivity contribution >= 4 is 27.8 Å². The van der Waals surface area contributed by atoms with E-state index in [4.69, 9.17) is 9.15 Å². The molecule has 0 atom stereocenters. The summed E-state index contributed by atoms with van der Waals surface area (Å²) in [6.07, 6.45) is 4.88. The van der Waals surface area contributed by atoms with Crippen molar-refractivity contribution in [2.75, 3.05) is 0 Å². The second-order valence-electron chi connectivity index (χ2n) is 5.30. The lowest BCUT2D eigenvalue weighted by Crippen LogP contribution is -1.99. The molecule has 0 bridgehead atoms. The Kier molecular flexibility index (Phi) is 5.50. The van der Waals surface area contributed by atoms with Crippen molar-refractivity contribution in [3.8, 4) is 5.75 Å². The van der Waals surface area contributed by atoms with Gasteiger partial charge in [0.1, 0.15) is 29.6 Å². The fourth-order valence-electron chi connectivity index (χ4n) is 2.19. The number of aryl methyl sites for hydroxylation is 1. The Morgan fingerprint density at radius 1 is 1.32 bits per heavy atom. The first-order chi connectivity index (χ1) is 12.1. The van der Waals surface area contributed by atoms with Crippen LogP contribution in [0, 0.1) is 0 Å². The minimum Gasteiger partial charge on any atom is -0.486 e. The van der Waals surface area contributed by atoms with Crippen LogP contribution >= 0.6 is 15.9 Å². The number of carbonyl (C=O) groups is 1. The quantitative estimate of drug-likeness (QED) is 0.424. The minimum atomic E-state index is -0.157. The summed E-state index contributed by atoms with van der Waals surface area (Å²) in [5.74, 6) is 1.87. The van der Waals surface area contributed by atoms with Crippen LogP contribution in [0.5, 0.6) is 5.75 Å². The molecule has 6 heteroatoms. The summed E-state index contributed by atoms with van der Waals surface area (Å²) in [6, 6.07) is 12.9. The molecule has 0 saturated carbocycles. The van der Waals surface area contributed by atoms with E-state index in [-0.39, 0.29) is 5.78 Å². The van der Waals surface area contributed by atoms with Crippen LogP contribution in [0.4, 0.5) is 0 Å². The normalized spacial score (nSPS) is 11.1. The van der Waals surface area contributed by atoms with Crippen molar-refractivity contribution in [1.82, 2.24) is 9.78 Å². The van der Waals surface area contributed by atoms with Gasteiger partial charge in [-0.15, -0.1) is 0 Å². The topological polar surface area (TPSA) is 57.3 Å². The van der Waals surface area contributed by atoms with Gasteiger partial charge in [-0.1, -0.05) is 22.0 Å². The first-order valence-electron chi connectivity index (χ1n) is 7.87. The fourth-order valence-corrected chi connectivity index (χ4v) is 2.56. The largest absolute Gasteiger partial charge is 0.486 e. The third-order valence-corrected chi connectivity index (χ3v) is 3.97. The van der Waals surface area contributed by atoms with E-state index in [9.17, 15) is 4.79 Å². The fraction of sp³-hybridized carbons (Fsp3) is 0.158. The summed E-state index contributed by atoms with van der Waals surface area (Å²) in [5, 5.41) is 4.18. The van der Waals surface area contributed by atoms with Gasteiger partial charge in [0.25, 0.3) is 0 Å². The van der Waals surface area contributed by atoms with Crippen LogP contribution in [0.15, 0.2) is 63.6 Å². The first-order valence-corrected chi connectivity index (χ1v) is 8.66. The highest BCUT2D eigenvalue weighted by Gasteiger charge is 2.06. The summed E-state index contributed by atoms with van der Waals surface area (Å²) in [5.41, 5.74) is 0.419. The summed E-state index contributed by atoms with van der Waals surface area (Å²) in [7, 11) is 0. The van der Waals surface area contributed by atoms with Crippen molar-refractivity contribution in [3.63, 3.8) is 0 Å². The lowest BCUT2D eigenvalue weighted by Gasteiger charge is -2.03. The van der Waals surface area contributed by atoms with Crippen LogP contribution in [-0.2, 0) is 13.2 Å². The van der Waals surface area contributed by atoms with Crippen LogP contribution in [-0.4, -0.2) is 15.6 Å². The number of ether oxygens (including phenoxy) is 1. The molecule has 128 valence electrons. The van der Waals surface area contributed by atoms with Crippen LogP contribution < -0.4 is 4.74 Å². The first kappa shape index (κ1) is 17.2. The molecule has 2 heterocycles. The van der Waals surface area contributed by atoms with E-state index >= 15 is 0 Å². The molecule has 5 nitrogen and oxygen atoms in total. The molecule has 0 radical (unpaired) electrons. The molecular formula is C19H17BrN2O3. The molecule has 3 rings (SSSR count). The van der Waals surface area contributed by atoms with Crippen LogP contribution in [0.2, 0.25) is 0 Å². The zero-order valence-electron chi connectivity index (χ0n) is 13.7. The second-order valence-corrected chi connectivity index (χ2v) is 6.22. The Labute approximate surface area is 154 Å².